The highest BCUT2D eigenvalue weighted by molar-refractivity contribution is 9.10. The van der Waals surface area contributed by atoms with Crippen LogP contribution in [0.1, 0.15) is 12.6 Å². The SMILES string of the molecule is CSC(CO)C(C)NCc1cnc2cnc(Br)cn12. The van der Waals surface area contributed by atoms with Crippen LogP contribution in [0.4, 0.5) is 0 Å². The Morgan fingerprint density at radius 3 is 2.95 bits per heavy atom. The molecule has 5 nitrogen and oxygen atoms in total. The minimum Gasteiger partial charge on any atom is -0.395 e. The minimum atomic E-state index is 0.179. The predicted molar refractivity (Wildman–Crippen MR) is 81.4 cm³/mol. The highest BCUT2D eigenvalue weighted by Gasteiger charge is 2.15. The maximum absolute atomic E-state index is 9.27. The highest BCUT2D eigenvalue weighted by atomic mass is 79.9. The number of aliphatic hydroxyl groups is 1. The summed E-state index contributed by atoms with van der Waals surface area (Å²) in [7, 11) is 0. The van der Waals surface area contributed by atoms with Crippen molar-refractivity contribution < 1.29 is 5.11 Å². The summed E-state index contributed by atoms with van der Waals surface area (Å²) in [4.78, 5) is 8.46. The van der Waals surface area contributed by atoms with Gasteiger partial charge in [0.15, 0.2) is 5.65 Å². The first-order valence-corrected chi connectivity index (χ1v) is 8.08. The third-order valence-corrected chi connectivity index (χ3v) is 4.66. The summed E-state index contributed by atoms with van der Waals surface area (Å²) in [6, 6.07) is 0.232. The second kappa shape index (κ2) is 6.69. The molecule has 2 rings (SSSR count). The standard InChI is InChI=1S/C12H17BrN4OS/c1-8(10(7-18)19-2)14-3-9-4-16-12-5-15-11(13)6-17(9)12/h4-6,8,10,14,18H,3,7H2,1-2H3. The average molecular weight is 345 g/mol. The zero-order valence-corrected chi connectivity index (χ0v) is 13.3. The Balaban J connectivity index is 2.07. The van der Waals surface area contributed by atoms with E-state index in [1.807, 2.05) is 23.1 Å². The van der Waals surface area contributed by atoms with Crippen LogP contribution in [0.15, 0.2) is 23.2 Å². The van der Waals surface area contributed by atoms with E-state index < -0.39 is 0 Å². The molecule has 2 atom stereocenters. The first-order valence-electron chi connectivity index (χ1n) is 6.00. The second-order valence-corrected chi connectivity index (χ2v) is 6.20. The molecule has 0 saturated carbocycles. The molecule has 0 saturated heterocycles. The number of nitrogens with zero attached hydrogens (tertiary/aromatic N) is 3. The molecule has 0 spiro atoms. The summed E-state index contributed by atoms with van der Waals surface area (Å²) in [6.07, 6.45) is 7.49. The van der Waals surface area contributed by atoms with Crippen LogP contribution in [0.5, 0.6) is 0 Å². The molecule has 19 heavy (non-hydrogen) atoms. The molecule has 2 unspecified atom stereocenters. The van der Waals surface area contributed by atoms with E-state index in [2.05, 4.69) is 38.1 Å². The molecule has 0 aliphatic rings. The van der Waals surface area contributed by atoms with E-state index in [0.717, 1.165) is 15.9 Å². The Bertz CT molecular complexity index is 544. The molecule has 7 heteroatoms. The van der Waals surface area contributed by atoms with Crippen LogP contribution in [0.2, 0.25) is 0 Å². The van der Waals surface area contributed by atoms with Gasteiger partial charge in [-0.25, -0.2) is 9.97 Å². The number of aromatic nitrogens is 3. The van der Waals surface area contributed by atoms with Gasteiger partial charge in [0, 0.05) is 24.0 Å². The molecule has 104 valence electrons. The van der Waals surface area contributed by atoms with E-state index >= 15 is 0 Å². The Kier molecular flexibility index (Phi) is 5.20. The zero-order chi connectivity index (χ0) is 13.8. The number of hydrogen-bond acceptors (Lipinski definition) is 5. The molecule has 2 heterocycles. The van der Waals surface area contributed by atoms with Crippen molar-refractivity contribution in [1.82, 2.24) is 19.7 Å². The van der Waals surface area contributed by atoms with Gasteiger partial charge in [0.05, 0.1) is 24.7 Å². The topological polar surface area (TPSA) is 62.5 Å². The Labute approximate surface area is 125 Å². The Morgan fingerprint density at radius 2 is 2.26 bits per heavy atom. The van der Waals surface area contributed by atoms with E-state index in [9.17, 15) is 5.11 Å². The van der Waals surface area contributed by atoms with E-state index in [1.165, 1.54) is 0 Å². The summed E-state index contributed by atoms with van der Waals surface area (Å²) in [5, 5.41) is 12.9. The van der Waals surface area contributed by atoms with Gasteiger partial charge in [-0.3, -0.25) is 4.40 Å². The van der Waals surface area contributed by atoms with Crippen molar-refractivity contribution in [1.29, 1.82) is 0 Å². The monoisotopic (exact) mass is 344 g/mol. The lowest BCUT2D eigenvalue weighted by atomic mass is 10.2. The van der Waals surface area contributed by atoms with Crippen molar-refractivity contribution in [3.05, 3.63) is 28.9 Å². The highest BCUT2D eigenvalue weighted by Crippen LogP contribution is 2.13. The number of rotatable bonds is 6. The lowest BCUT2D eigenvalue weighted by Gasteiger charge is -2.21. The molecule has 0 radical (unpaired) electrons. The minimum absolute atomic E-state index is 0.179. The van der Waals surface area contributed by atoms with Crippen LogP contribution in [0.25, 0.3) is 5.65 Å². The van der Waals surface area contributed by atoms with Gasteiger partial charge < -0.3 is 10.4 Å². The molecular weight excluding hydrogens is 328 g/mol. The summed E-state index contributed by atoms with van der Waals surface area (Å²) < 4.78 is 2.79. The molecule has 0 bridgehead atoms. The molecule has 0 fully saturated rings. The predicted octanol–water partition coefficient (Wildman–Crippen LogP) is 1.69. The lowest BCUT2D eigenvalue weighted by Crippen LogP contribution is -2.37. The van der Waals surface area contributed by atoms with Crippen LogP contribution >= 0.6 is 27.7 Å². The fraction of sp³-hybridized carbons (Fsp3) is 0.500. The van der Waals surface area contributed by atoms with E-state index in [0.29, 0.717) is 6.54 Å². The number of nitrogens with one attached hydrogen (secondary N) is 1. The largest absolute Gasteiger partial charge is 0.395 e. The molecular formula is C12H17BrN4OS. The van der Waals surface area contributed by atoms with Crippen LogP contribution in [-0.2, 0) is 6.54 Å². The van der Waals surface area contributed by atoms with Crippen molar-refractivity contribution in [3.63, 3.8) is 0 Å². The van der Waals surface area contributed by atoms with Gasteiger partial charge in [-0.05, 0) is 29.1 Å². The average Bonchev–Trinajstić information content (AvgIpc) is 2.80. The van der Waals surface area contributed by atoms with Crippen molar-refractivity contribution in [2.45, 2.75) is 24.8 Å². The van der Waals surface area contributed by atoms with E-state index in [1.54, 1.807) is 18.0 Å². The van der Waals surface area contributed by atoms with Crippen LogP contribution in [0, 0.1) is 0 Å². The lowest BCUT2D eigenvalue weighted by molar-refractivity contribution is 0.275. The number of thioether (sulfide) groups is 1. The molecule has 0 aliphatic heterocycles. The number of imidazole rings is 1. The second-order valence-electron chi connectivity index (χ2n) is 4.31. The Morgan fingerprint density at radius 1 is 1.47 bits per heavy atom. The number of hydrogen-bond donors (Lipinski definition) is 2. The van der Waals surface area contributed by atoms with E-state index in [4.69, 9.17) is 0 Å². The quantitative estimate of drug-likeness (QED) is 0.834. The van der Waals surface area contributed by atoms with Gasteiger partial charge in [0.25, 0.3) is 0 Å². The molecule has 2 N–H and O–H groups in total. The smallest absolute Gasteiger partial charge is 0.155 e. The number of fused-ring (bicyclic) bond motifs is 1. The van der Waals surface area contributed by atoms with Gasteiger partial charge in [0.1, 0.15) is 4.60 Å². The summed E-state index contributed by atoms with van der Waals surface area (Å²) in [6.45, 7) is 2.96. The fourth-order valence-electron chi connectivity index (χ4n) is 1.88. The normalized spacial score (nSPS) is 14.7. The van der Waals surface area contributed by atoms with Gasteiger partial charge in [-0.15, -0.1) is 0 Å². The van der Waals surface area contributed by atoms with Gasteiger partial charge in [-0.2, -0.15) is 11.8 Å². The summed E-state index contributed by atoms with van der Waals surface area (Å²) in [5.74, 6) is 0. The van der Waals surface area contributed by atoms with Crippen LogP contribution < -0.4 is 5.32 Å². The fourth-order valence-corrected chi connectivity index (χ4v) is 2.84. The summed E-state index contributed by atoms with van der Waals surface area (Å²) in [5.41, 5.74) is 1.90. The van der Waals surface area contributed by atoms with Crippen molar-refractivity contribution >= 4 is 33.3 Å². The molecule has 2 aromatic heterocycles. The molecule has 2 aromatic rings. The molecule has 0 aromatic carbocycles. The van der Waals surface area contributed by atoms with Gasteiger partial charge in [0.2, 0.25) is 0 Å². The third-order valence-electron chi connectivity index (χ3n) is 3.09. The van der Waals surface area contributed by atoms with Crippen molar-refractivity contribution in [2.24, 2.45) is 0 Å². The third kappa shape index (κ3) is 3.47. The van der Waals surface area contributed by atoms with Gasteiger partial charge in [-0.1, -0.05) is 0 Å². The van der Waals surface area contributed by atoms with Crippen LogP contribution in [0.3, 0.4) is 0 Å². The maximum atomic E-state index is 9.27. The maximum Gasteiger partial charge on any atom is 0.155 e. The van der Waals surface area contributed by atoms with Crippen molar-refractivity contribution in [2.75, 3.05) is 12.9 Å². The first kappa shape index (κ1) is 14.8. The Hall–Kier alpha value is -0.630. The number of aliphatic hydroxyl groups excluding tert-OH is 1. The van der Waals surface area contributed by atoms with E-state index in [-0.39, 0.29) is 17.9 Å². The van der Waals surface area contributed by atoms with Crippen molar-refractivity contribution in [3.8, 4) is 0 Å². The molecule has 0 aliphatic carbocycles. The summed E-state index contributed by atoms with van der Waals surface area (Å²) >= 11 is 5.03. The zero-order valence-electron chi connectivity index (χ0n) is 10.9. The van der Waals surface area contributed by atoms with Crippen LogP contribution in [-0.4, -0.2) is 43.6 Å². The molecule has 0 amide bonds. The first-order chi connectivity index (χ1) is 9.15. The number of halogens is 1. The van der Waals surface area contributed by atoms with Gasteiger partial charge >= 0.3 is 0 Å².